The topological polar surface area (TPSA) is 87.7 Å². The van der Waals surface area contributed by atoms with E-state index in [1.54, 1.807) is 49.6 Å². The molecule has 2 N–H and O–H groups in total. The van der Waals surface area contributed by atoms with Gasteiger partial charge in [0, 0.05) is 5.69 Å². The Hall–Kier alpha value is -3.61. The van der Waals surface area contributed by atoms with Gasteiger partial charge in [0.1, 0.15) is 18.0 Å². The van der Waals surface area contributed by atoms with E-state index < -0.39 is 17.8 Å². The van der Waals surface area contributed by atoms with Gasteiger partial charge in [0.25, 0.3) is 5.91 Å². The summed E-state index contributed by atoms with van der Waals surface area (Å²) in [5.74, 6) is 0.0860. The Morgan fingerprint density at radius 1 is 1.10 bits per heavy atom. The lowest BCUT2D eigenvalue weighted by Crippen LogP contribution is -2.38. The summed E-state index contributed by atoms with van der Waals surface area (Å²) in [4.78, 5) is 37.8. The predicted molar refractivity (Wildman–Crippen MR) is 110 cm³/mol. The van der Waals surface area contributed by atoms with Crippen LogP contribution in [0.1, 0.15) is 30.9 Å². The predicted octanol–water partition coefficient (Wildman–Crippen LogP) is 3.35. The molecule has 1 saturated heterocycles. The maximum Gasteiger partial charge on any atom is 0.329 e. The van der Waals surface area contributed by atoms with E-state index in [0.29, 0.717) is 17.4 Å². The second-order valence-electron chi connectivity index (χ2n) is 6.98. The summed E-state index contributed by atoms with van der Waals surface area (Å²) in [5.41, 5.74) is 2.62. The number of imide groups is 1. The molecule has 0 aliphatic carbocycles. The molecule has 0 unspecified atom stereocenters. The van der Waals surface area contributed by atoms with Crippen molar-refractivity contribution >= 4 is 29.6 Å². The summed E-state index contributed by atoms with van der Waals surface area (Å²) >= 11 is 0. The van der Waals surface area contributed by atoms with Crippen molar-refractivity contribution in [3.63, 3.8) is 0 Å². The van der Waals surface area contributed by atoms with Gasteiger partial charge in [-0.1, -0.05) is 38.1 Å². The molecule has 2 aromatic carbocycles. The second kappa shape index (κ2) is 8.60. The molecule has 150 valence electrons. The summed E-state index contributed by atoms with van der Waals surface area (Å²) < 4.78 is 5.09. The monoisotopic (exact) mass is 393 g/mol. The van der Waals surface area contributed by atoms with Crippen molar-refractivity contribution in [2.45, 2.75) is 19.8 Å². The molecule has 0 radical (unpaired) electrons. The van der Waals surface area contributed by atoms with E-state index in [-0.39, 0.29) is 12.2 Å². The molecule has 4 amide bonds. The molecular weight excluding hydrogens is 370 g/mol. The van der Waals surface area contributed by atoms with Gasteiger partial charge in [-0.3, -0.25) is 9.59 Å². The number of amides is 4. The molecular formula is C22H23N3O4. The van der Waals surface area contributed by atoms with Crippen molar-refractivity contribution in [3.05, 3.63) is 65.4 Å². The molecule has 0 saturated carbocycles. The van der Waals surface area contributed by atoms with Crippen LogP contribution in [0.3, 0.4) is 0 Å². The Balaban J connectivity index is 1.64. The standard InChI is InChI=1S/C22H23N3O4/c1-14(2)16-6-8-17(9-7-16)23-20(26)13-25-21(27)19(24-22(25)28)12-15-4-10-18(29-3)11-5-15/h4-12,14H,13H2,1-3H3,(H,23,26)(H,24,28). The molecule has 0 spiro atoms. The van der Waals surface area contributed by atoms with Crippen LogP contribution in [0.25, 0.3) is 6.08 Å². The Morgan fingerprint density at radius 3 is 2.34 bits per heavy atom. The van der Waals surface area contributed by atoms with Crippen molar-refractivity contribution in [2.24, 2.45) is 0 Å². The van der Waals surface area contributed by atoms with E-state index in [1.165, 1.54) is 0 Å². The van der Waals surface area contributed by atoms with Crippen molar-refractivity contribution in [2.75, 3.05) is 19.0 Å². The number of methoxy groups -OCH3 is 1. The zero-order valence-electron chi connectivity index (χ0n) is 16.6. The Labute approximate surface area is 169 Å². The molecule has 7 heteroatoms. The highest BCUT2D eigenvalue weighted by molar-refractivity contribution is 6.15. The molecule has 1 heterocycles. The largest absolute Gasteiger partial charge is 0.497 e. The van der Waals surface area contributed by atoms with Gasteiger partial charge in [-0.15, -0.1) is 0 Å². The minimum absolute atomic E-state index is 0.120. The number of nitrogens with one attached hydrogen (secondary N) is 2. The van der Waals surface area contributed by atoms with Gasteiger partial charge in [0.15, 0.2) is 0 Å². The molecule has 7 nitrogen and oxygen atoms in total. The smallest absolute Gasteiger partial charge is 0.329 e. The van der Waals surface area contributed by atoms with Gasteiger partial charge >= 0.3 is 6.03 Å². The number of ether oxygens (including phenoxy) is 1. The maximum absolute atomic E-state index is 12.5. The molecule has 29 heavy (non-hydrogen) atoms. The molecule has 0 bridgehead atoms. The number of urea groups is 1. The highest BCUT2D eigenvalue weighted by Crippen LogP contribution is 2.19. The number of nitrogens with zero attached hydrogens (tertiary/aromatic N) is 1. The van der Waals surface area contributed by atoms with Crippen LogP contribution in [0, 0.1) is 0 Å². The second-order valence-corrected chi connectivity index (χ2v) is 6.98. The number of hydrogen-bond donors (Lipinski definition) is 2. The summed E-state index contributed by atoms with van der Waals surface area (Å²) in [6.07, 6.45) is 1.56. The Bertz CT molecular complexity index is 947. The number of benzene rings is 2. The number of anilines is 1. The fraction of sp³-hybridized carbons (Fsp3) is 0.227. The lowest BCUT2D eigenvalue weighted by atomic mass is 10.0. The molecule has 3 rings (SSSR count). The van der Waals surface area contributed by atoms with Crippen LogP contribution in [0.4, 0.5) is 10.5 Å². The average Bonchev–Trinajstić information content (AvgIpc) is 2.96. The van der Waals surface area contributed by atoms with Crippen LogP contribution in [0.2, 0.25) is 0 Å². The molecule has 2 aromatic rings. The van der Waals surface area contributed by atoms with Gasteiger partial charge in [0.05, 0.1) is 7.11 Å². The normalized spacial score (nSPS) is 15.0. The van der Waals surface area contributed by atoms with Crippen molar-refractivity contribution < 1.29 is 19.1 Å². The summed E-state index contributed by atoms with van der Waals surface area (Å²) in [5, 5.41) is 5.21. The number of carbonyl (C=O) groups excluding carboxylic acids is 3. The Kier molecular flexibility index (Phi) is 5.97. The van der Waals surface area contributed by atoms with Crippen LogP contribution in [0.15, 0.2) is 54.2 Å². The molecule has 1 aliphatic heterocycles. The molecule has 0 aromatic heterocycles. The SMILES string of the molecule is COc1ccc(C=C2NC(=O)N(CC(=O)Nc3ccc(C(C)C)cc3)C2=O)cc1. The highest BCUT2D eigenvalue weighted by Gasteiger charge is 2.34. The zero-order valence-corrected chi connectivity index (χ0v) is 16.6. The lowest BCUT2D eigenvalue weighted by molar-refractivity contribution is -0.127. The summed E-state index contributed by atoms with van der Waals surface area (Å²) in [6.45, 7) is 3.81. The first-order chi connectivity index (χ1) is 13.9. The first-order valence-electron chi connectivity index (χ1n) is 9.26. The molecule has 1 aliphatic rings. The van der Waals surface area contributed by atoms with Gasteiger partial charge in [-0.25, -0.2) is 9.69 Å². The minimum atomic E-state index is -0.625. The fourth-order valence-electron chi connectivity index (χ4n) is 2.88. The third-order valence-electron chi connectivity index (χ3n) is 4.55. The lowest BCUT2D eigenvalue weighted by Gasteiger charge is -2.12. The average molecular weight is 393 g/mol. The van der Waals surface area contributed by atoms with Gasteiger partial charge in [-0.05, 0) is 47.4 Å². The van der Waals surface area contributed by atoms with Crippen LogP contribution in [-0.4, -0.2) is 36.4 Å². The minimum Gasteiger partial charge on any atom is -0.497 e. The van der Waals surface area contributed by atoms with Gasteiger partial charge in [-0.2, -0.15) is 0 Å². The van der Waals surface area contributed by atoms with E-state index in [2.05, 4.69) is 24.5 Å². The number of rotatable bonds is 6. The van der Waals surface area contributed by atoms with Crippen LogP contribution in [-0.2, 0) is 9.59 Å². The fourth-order valence-corrected chi connectivity index (χ4v) is 2.88. The molecule has 1 fully saturated rings. The van der Waals surface area contributed by atoms with E-state index in [4.69, 9.17) is 4.74 Å². The van der Waals surface area contributed by atoms with E-state index in [0.717, 1.165) is 16.0 Å². The highest BCUT2D eigenvalue weighted by atomic mass is 16.5. The third kappa shape index (κ3) is 4.82. The summed E-state index contributed by atoms with van der Waals surface area (Å²) in [7, 11) is 1.57. The first-order valence-corrected chi connectivity index (χ1v) is 9.26. The van der Waals surface area contributed by atoms with Gasteiger partial charge in [0.2, 0.25) is 5.91 Å². The molecule has 0 atom stereocenters. The summed E-state index contributed by atoms with van der Waals surface area (Å²) in [6, 6.07) is 13.9. The quantitative estimate of drug-likeness (QED) is 0.582. The van der Waals surface area contributed by atoms with E-state index in [9.17, 15) is 14.4 Å². The maximum atomic E-state index is 12.5. The van der Waals surface area contributed by atoms with Crippen molar-refractivity contribution in [1.82, 2.24) is 10.2 Å². The number of hydrogen-bond acceptors (Lipinski definition) is 4. The van der Waals surface area contributed by atoms with Crippen LogP contribution >= 0.6 is 0 Å². The van der Waals surface area contributed by atoms with Crippen molar-refractivity contribution in [1.29, 1.82) is 0 Å². The first kappa shape index (κ1) is 20.1. The van der Waals surface area contributed by atoms with E-state index in [1.807, 2.05) is 12.1 Å². The van der Waals surface area contributed by atoms with E-state index >= 15 is 0 Å². The van der Waals surface area contributed by atoms with Crippen LogP contribution in [0.5, 0.6) is 5.75 Å². The van der Waals surface area contributed by atoms with Gasteiger partial charge < -0.3 is 15.4 Å². The van der Waals surface area contributed by atoms with Crippen LogP contribution < -0.4 is 15.4 Å². The number of carbonyl (C=O) groups is 3. The third-order valence-corrected chi connectivity index (χ3v) is 4.55. The van der Waals surface area contributed by atoms with Crippen molar-refractivity contribution in [3.8, 4) is 5.75 Å². The zero-order chi connectivity index (χ0) is 21.0. The Morgan fingerprint density at radius 2 is 1.76 bits per heavy atom.